The molecule has 0 spiro atoms. The maximum Gasteiger partial charge on any atom is 0.125 e. The number of hydrogen-bond donors (Lipinski definition) is 1. The van der Waals surface area contributed by atoms with Crippen molar-refractivity contribution >= 4 is 5.82 Å². The van der Waals surface area contributed by atoms with Crippen LogP contribution in [0.1, 0.15) is 17.5 Å². The van der Waals surface area contributed by atoms with E-state index in [2.05, 4.69) is 34.6 Å². The van der Waals surface area contributed by atoms with E-state index in [1.165, 1.54) is 19.3 Å². The molecule has 1 aliphatic rings. The largest absolute Gasteiger partial charge is 0.370 e. The van der Waals surface area contributed by atoms with Crippen LogP contribution in [-0.2, 0) is 12.8 Å². The number of hydrogen-bond acceptors (Lipinski definition) is 2. The molecule has 2 aromatic rings. The van der Waals surface area contributed by atoms with Crippen molar-refractivity contribution in [3.8, 4) is 0 Å². The molecular formula is C16H18N2. The molecule has 0 bridgehead atoms. The van der Waals surface area contributed by atoms with Crippen molar-refractivity contribution in [3.63, 3.8) is 0 Å². The molecule has 1 aliphatic carbocycles. The molecule has 0 saturated heterocycles. The van der Waals surface area contributed by atoms with E-state index in [4.69, 9.17) is 0 Å². The van der Waals surface area contributed by atoms with E-state index in [1.807, 2.05) is 24.4 Å². The van der Waals surface area contributed by atoms with E-state index in [9.17, 15) is 0 Å². The number of benzene rings is 1. The first-order chi connectivity index (χ1) is 8.92. The Labute approximate surface area is 108 Å². The fourth-order valence-corrected chi connectivity index (χ4v) is 2.73. The molecule has 2 nitrogen and oxygen atoms in total. The summed E-state index contributed by atoms with van der Waals surface area (Å²) in [5, 5.41) is 3.39. The van der Waals surface area contributed by atoms with Crippen molar-refractivity contribution in [2.24, 2.45) is 5.92 Å². The molecule has 1 N–H and O–H groups in total. The van der Waals surface area contributed by atoms with Crippen LogP contribution >= 0.6 is 0 Å². The Bertz CT molecular complexity index is 483. The van der Waals surface area contributed by atoms with Crippen molar-refractivity contribution in [2.75, 3.05) is 11.9 Å². The molecule has 18 heavy (non-hydrogen) atoms. The van der Waals surface area contributed by atoms with Gasteiger partial charge in [-0.3, -0.25) is 0 Å². The van der Waals surface area contributed by atoms with Crippen LogP contribution in [-0.4, -0.2) is 11.5 Å². The topological polar surface area (TPSA) is 24.9 Å². The lowest BCUT2D eigenvalue weighted by Gasteiger charge is -2.10. The fraction of sp³-hybridized carbons (Fsp3) is 0.312. The highest BCUT2D eigenvalue weighted by molar-refractivity contribution is 5.34. The monoisotopic (exact) mass is 238 g/mol. The summed E-state index contributed by atoms with van der Waals surface area (Å²) < 4.78 is 0. The van der Waals surface area contributed by atoms with Crippen molar-refractivity contribution in [3.05, 3.63) is 59.8 Å². The molecular weight excluding hydrogens is 220 g/mol. The highest BCUT2D eigenvalue weighted by Crippen LogP contribution is 2.28. The van der Waals surface area contributed by atoms with Crippen LogP contribution in [0.4, 0.5) is 5.82 Å². The quantitative estimate of drug-likeness (QED) is 0.884. The number of pyridine rings is 1. The zero-order valence-corrected chi connectivity index (χ0v) is 10.5. The molecule has 0 radical (unpaired) electrons. The Morgan fingerprint density at radius 3 is 2.39 bits per heavy atom. The number of aromatic nitrogens is 1. The average molecular weight is 238 g/mol. The third-order valence-electron chi connectivity index (χ3n) is 3.66. The van der Waals surface area contributed by atoms with E-state index in [-0.39, 0.29) is 0 Å². The zero-order chi connectivity index (χ0) is 12.2. The van der Waals surface area contributed by atoms with Crippen molar-refractivity contribution in [1.82, 2.24) is 4.98 Å². The number of nitrogens with zero attached hydrogens (tertiary/aromatic N) is 1. The second-order valence-electron chi connectivity index (χ2n) is 4.97. The minimum Gasteiger partial charge on any atom is -0.370 e. The Hall–Kier alpha value is -1.83. The summed E-state index contributed by atoms with van der Waals surface area (Å²) in [6, 6.07) is 14.8. The van der Waals surface area contributed by atoms with Crippen LogP contribution in [0.25, 0.3) is 0 Å². The van der Waals surface area contributed by atoms with Gasteiger partial charge >= 0.3 is 0 Å². The third kappa shape index (κ3) is 2.53. The number of anilines is 1. The first-order valence-electron chi connectivity index (χ1n) is 6.63. The van der Waals surface area contributed by atoms with Crippen molar-refractivity contribution < 1.29 is 0 Å². The molecule has 0 saturated carbocycles. The normalized spacial score (nSPS) is 14.4. The summed E-state index contributed by atoms with van der Waals surface area (Å²) in [7, 11) is 0. The van der Waals surface area contributed by atoms with Gasteiger partial charge in [0, 0.05) is 12.7 Å². The lowest BCUT2D eigenvalue weighted by molar-refractivity contribution is 0.529. The molecule has 0 amide bonds. The SMILES string of the molecule is c1ccc(NCCC2Cc3ccccc3C2)nc1. The molecule has 1 aromatic carbocycles. The van der Waals surface area contributed by atoms with Crippen molar-refractivity contribution in [1.29, 1.82) is 0 Å². The molecule has 0 aliphatic heterocycles. The van der Waals surface area contributed by atoms with E-state index < -0.39 is 0 Å². The summed E-state index contributed by atoms with van der Waals surface area (Å²) in [5.74, 6) is 1.77. The zero-order valence-electron chi connectivity index (χ0n) is 10.5. The van der Waals surface area contributed by atoms with Gasteiger partial charge in [0.2, 0.25) is 0 Å². The second-order valence-corrected chi connectivity index (χ2v) is 4.97. The summed E-state index contributed by atoms with van der Waals surface area (Å²) in [4.78, 5) is 4.27. The van der Waals surface area contributed by atoms with Gasteiger partial charge < -0.3 is 5.32 Å². The van der Waals surface area contributed by atoms with Gasteiger partial charge in [-0.1, -0.05) is 30.3 Å². The lowest BCUT2D eigenvalue weighted by Crippen LogP contribution is -2.09. The Morgan fingerprint density at radius 2 is 1.72 bits per heavy atom. The predicted molar refractivity (Wildman–Crippen MR) is 74.7 cm³/mol. The Kier molecular flexibility index (Phi) is 3.26. The van der Waals surface area contributed by atoms with Crippen LogP contribution < -0.4 is 5.32 Å². The number of fused-ring (bicyclic) bond motifs is 1. The molecule has 1 heterocycles. The van der Waals surface area contributed by atoms with Gasteiger partial charge in [0.05, 0.1) is 0 Å². The van der Waals surface area contributed by atoms with E-state index >= 15 is 0 Å². The summed E-state index contributed by atoms with van der Waals surface area (Å²) in [6.07, 6.45) is 5.51. The highest BCUT2D eigenvalue weighted by atomic mass is 15.0. The van der Waals surface area contributed by atoms with E-state index in [0.29, 0.717) is 0 Å². The molecule has 0 atom stereocenters. The summed E-state index contributed by atoms with van der Waals surface area (Å²) >= 11 is 0. The second kappa shape index (κ2) is 5.21. The minimum atomic E-state index is 0.790. The minimum absolute atomic E-state index is 0.790. The smallest absolute Gasteiger partial charge is 0.125 e. The van der Waals surface area contributed by atoms with Gasteiger partial charge in [0.1, 0.15) is 5.82 Å². The lowest BCUT2D eigenvalue weighted by atomic mass is 10.0. The van der Waals surface area contributed by atoms with Crippen molar-refractivity contribution in [2.45, 2.75) is 19.3 Å². The van der Waals surface area contributed by atoms with Gasteiger partial charge in [-0.2, -0.15) is 0 Å². The van der Waals surface area contributed by atoms with Gasteiger partial charge in [0.25, 0.3) is 0 Å². The average Bonchev–Trinajstić information content (AvgIpc) is 2.82. The van der Waals surface area contributed by atoms with Crippen LogP contribution in [0.15, 0.2) is 48.7 Å². The number of rotatable bonds is 4. The van der Waals surface area contributed by atoms with Gasteiger partial charge in [-0.05, 0) is 48.4 Å². The summed E-state index contributed by atoms with van der Waals surface area (Å²) in [6.45, 7) is 1.01. The molecule has 2 heteroatoms. The summed E-state index contributed by atoms with van der Waals surface area (Å²) in [5.41, 5.74) is 3.08. The van der Waals surface area contributed by atoms with Crippen LogP contribution in [0.5, 0.6) is 0 Å². The van der Waals surface area contributed by atoms with Crippen LogP contribution in [0.3, 0.4) is 0 Å². The van der Waals surface area contributed by atoms with Crippen LogP contribution in [0.2, 0.25) is 0 Å². The maximum absolute atomic E-state index is 4.27. The predicted octanol–water partition coefficient (Wildman–Crippen LogP) is 3.30. The van der Waals surface area contributed by atoms with E-state index in [0.717, 1.165) is 18.3 Å². The first kappa shape index (κ1) is 11.3. The van der Waals surface area contributed by atoms with E-state index in [1.54, 1.807) is 11.1 Å². The van der Waals surface area contributed by atoms with Gasteiger partial charge in [0.15, 0.2) is 0 Å². The fourth-order valence-electron chi connectivity index (χ4n) is 2.73. The van der Waals surface area contributed by atoms with Gasteiger partial charge in [-0.25, -0.2) is 4.98 Å². The highest BCUT2D eigenvalue weighted by Gasteiger charge is 2.20. The Balaban J connectivity index is 1.49. The first-order valence-corrected chi connectivity index (χ1v) is 6.63. The molecule has 1 aromatic heterocycles. The van der Waals surface area contributed by atoms with Gasteiger partial charge in [-0.15, -0.1) is 0 Å². The third-order valence-corrected chi connectivity index (χ3v) is 3.66. The standard InChI is InChI=1S/C16H18N2/c1-2-6-15-12-13(11-14(15)5-1)8-10-18-16-7-3-4-9-17-16/h1-7,9,13H,8,10-12H2,(H,17,18). The molecule has 92 valence electrons. The van der Waals surface area contributed by atoms with Crippen LogP contribution in [0, 0.1) is 5.92 Å². The Morgan fingerprint density at radius 1 is 1.00 bits per heavy atom. The molecule has 0 fully saturated rings. The molecule has 0 unspecified atom stereocenters. The maximum atomic E-state index is 4.27. The molecule has 3 rings (SSSR count). The number of nitrogens with one attached hydrogen (secondary N) is 1.